The Morgan fingerprint density at radius 3 is 2.60 bits per heavy atom. The number of hydrogen-bond acceptors (Lipinski definition) is 10. The molecule has 5 N–H and O–H groups in total. The number of hydrogen-bond donors (Lipinski definition) is 5. The van der Waals surface area contributed by atoms with Crippen molar-refractivity contribution < 1.29 is 38.8 Å². The van der Waals surface area contributed by atoms with Gasteiger partial charge in [0.1, 0.15) is 30.0 Å². The first kappa shape index (κ1) is 26.4. The summed E-state index contributed by atoms with van der Waals surface area (Å²) in [6.45, 7) is 2.40. The smallest absolute Gasteiger partial charge is 0.359 e. The maximum Gasteiger partial charge on any atom is 0.359 e. The summed E-state index contributed by atoms with van der Waals surface area (Å²) in [5, 5.41) is 28.0. The minimum Gasteiger partial charge on any atom is -0.387 e. The molecule has 2 aliphatic rings. The normalized spacial score (nSPS) is 27.5. The van der Waals surface area contributed by atoms with Crippen LogP contribution >= 0.6 is 7.60 Å². The number of fused-ring (bicyclic) bond motifs is 1. The van der Waals surface area contributed by atoms with E-state index in [0.29, 0.717) is 35.1 Å². The molecule has 3 heterocycles. The van der Waals surface area contributed by atoms with Gasteiger partial charge in [-0.05, 0) is 19.8 Å². The van der Waals surface area contributed by atoms with Crippen LogP contribution in [0.5, 0.6) is 0 Å². The highest BCUT2D eigenvalue weighted by Gasteiger charge is 2.49. The summed E-state index contributed by atoms with van der Waals surface area (Å²) in [5.41, 5.74) is 0.453. The number of aliphatic hydroxyl groups excluding tert-OH is 2. The fourth-order valence-electron chi connectivity index (χ4n) is 4.50. The van der Waals surface area contributed by atoms with Gasteiger partial charge in [0.05, 0.1) is 24.8 Å². The summed E-state index contributed by atoms with van der Waals surface area (Å²) < 4.78 is 29.6. The number of methoxy groups -OCH3 is 1. The molecular weight excluding hydrogens is 481 g/mol. The van der Waals surface area contributed by atoms with Gasteiger partial charge in [-0.3, -0.25) is 4.57 Å². The maximum absolute atomic E-state index is 11.9. The number of aryl methyl sites for hydroxylation is 1. The Morgan fingerprint density at radius 1 is 1.26 bits per heavy atom. The molecular formula is C21H34N5O8P. The third kappa shape index (κ3) is 5.23. The van der Waals surface area contributed by atoms with Crippen LogP contribution in [0.1, 0.15) is 51.6 Å². The highest BCUT2D eigenvalue weighted by Crippen LogP contribution is 2.51. The maximum atomic E-state index is 11.9. The van der Waals surface area contributed by atoms with E-state index in [1.807, 2.05) is 6.92 Å². The summed E-state index contributed by atoms with van der Waals surface area (Å²) in [6, 6.07) is 0.327. The predicted molar refractivity (Wildman–Crippen MR) is 125 cm³/mol. The highest BCUT2D eigenvalue weighted by atomic mass is 31.2. The number of aromatic nitrogens is 4. The van der Waals surface area contributed by atoms with Crippen molar-refractivity contribution in [3.8, 4) is 0 Å². The van der Waals surface area contributed by atoms with Crippen LogP contribution in [0.25, 0.3) is 11.0 Å². The molecule has 1 unspecified atom stereocenters. The second kappa shape index (κ2) is 10.3. The van der Waals surface area contributed by atoms with E-state index < -0.39 is 37.5 Å². The highest BCUT2D eigenvalue weighted by molar-refractivity contribution is 7.53. The molecule has 2 aromatic heterocycles. The summed E-state index contributed by atoms with van der Waals surface area (Å²) in [4.78, 5) is 28.6. The Bertz CT molecular complexity index is 1070. The minimum absolute atomic E-state index is 0.327. The van der Waals surface area contributed by atoms with Crippen molar-refractivity contribution in [3.05, 3.63) is 12.0 Å². The van der Waals surface area contributed by atoms with E-state index >= 15 is 0 Å². The second-order valence-electron chi connectivity index (χ2n) is 9.30. The van der Waals surface area contributed by atoms with Crippen molar-refractivity contribution in [2.45, 2.75) is 81.9 Å². The number of anilines is 1. The molecule has 1 saturated heterocycles. The van der Waals surface area contributed by atoms with Gasteiger partial charge in [-0.2, -0.15) is 5.10 Å². The molecule has 1 aliphatic heterocycles. The van der Waals surface area contributed by atoms with Crippen molar-refractivity contribution in [2.75, 3.05) is 25.6 Å². The van der Waals surface area contributed by atoms with E-state index in [2.05, 4.69) is 20.4 Å². The third-order valence-corrected chi connectivity index (χ3v) is 8.17. The summed E-state index contributed by atoms with van der Waals surface area (Å²) in [7, 11) is -3.41. The van der Waals surface area contributed by atoms with Crippen LogP contribution in [0.15, 0.2) is 6.20 Å². The summed E-state index contributed by atoms with van der Waals surface area (Å²) in [6.07, 6.45) is 1.75. The van der Waals surface area contributed by atoms with E-state index in [0.717, 1.165) is 12.8 Å². The largest absolute Gasteiger partial charge is 0.387 e. The lowest BCUT2D eigenvalue weighted by Crippen LogP contribution is -2.40. The first-order valence-electron chi connectivity index (χ1n) is 11.8. The van der Waals surface area contributed by atoms with E-state index in [9.17, 15) is 24.6 Å². The molecule has 4 rings (SSSR count). The molecule has 2 aromatic rings. The van der Waals surface area contributed by atoms with Gasteiger partial charge in [-0.1, -0.05) is 19.8 Å². The van der Waals surface area contributed by atoms with Gasteiger partial charge in [-0.15, -0.1) is 0 Å². The second-order valence-corrected chi connectivity index (χ2v) is 11.3. The van der Waals surface area contributed by atoms with Crippen molar-refractivity contribution in [2.24, 2.45) is 0 Å². The molecule has 0 spiro atoms. The third-order valence-electron chi connectivity index (χ3n) is 6.68. The monoisotopic (exact) mass is 515 g/mol. The molecule has 0 amide bonds. The Labute approximate surface area is 203 Å². The lowest BCUT2D eigenvalue weighted by molar-refractivity contribution is -0.107. The van der Waals surface area contributed by atoms with Gasteiger partial charge in [-0.25, -0.2) is 14.6 Å². The first-order chi connectivity index (χ1) is 16.6. The van der Waals surface area contributed by atoms with E-state index in [-0.39, 0.29) is 13.2 Å². The number of rotatable bonds is 10. The zero-order valence-corrected chi connectivity index (χ0v) is 21.0. The first-order valence-corrected chi connectivity index (χ1v) is 13.4. The number of aliphatic hydroxyl groups is 2. The molecule has 0 bridgehead atoms. The van der Waals surface area contributed by atoms with Crippen molar-refractivity contribution in [1.82, 2.24) is 19.7 Å². The van der Waals surface area contributed by atoms with Gasteiger partial charge in [0.25, 0.3) is 0 Å². The molecule has 196 valence electrons. The molecule has 2 fully saturated rings. The van der Waals surface area contributed by atoms with Gasteiger partial charge >= 0.3 is 7.60 Å². The van der Waals surface area contributed by atoms with Crippen molar-refractivity contribution >= 4 is 24.4 Å². The minimum atomic E-state index is -4.71. The topological polar surface area (TPSA) is 181 Å². The molecule has 1 saturated carbocycles. The lowest BCUT2D eigenvalue weighted by atomic mass is 10.1. The van der Waals surface area contributed by atoms with Crippen LogP contribution in [0.3, 0.4) is 0 Å². The molecule has 0 aromatic carbocycles. The van der Waals surface area contributed by atoms with Gasteiger partial charge in [0, 0.05) is 19.6 Å². The number of ether oxygens (including phenoxy) is 3. The number of nitrogens with zero attached hydrogens (tertiary/aromatic N) is 4. The molecule has 35 heavy (non-hydrogen) atoms. The fraction of sp³-hybridized carbons (Fsp3) is 0.762. The average Bonchev–Trinajstić information content (AvgIpc) is 3.53. The van der Waals surface area contributed by atoms with Crippen LogP contribution in [-0.4, -0.2) is 89.8 Å². The van der Waals surface area contributed by atoms with E-state index in [1.54, 1.807) is 6.20 Å². The predicted octanol–water partition coefficient (Wildman–Crippen LogP) is 0.919. The molecule has 1 aliphatic carbocycles. The van der Waals surface area contributed by atoms with E-state index in [1.165, 1.54) is 31.6 Å². The van der Waals surface area contributed by atoms with Crippen molar-refractivity contribution in [3.63, 3.8) is 0 Å². The zero-order chi connectivity index (χ0) is 25.4. The van der Waals surface area contributed by atoms with Crippen molar-refractivity contribution in [1.29, 1.82) is 0 Å². The Hall–Kier alpha value is -1.70. The van der Waals surface area contributed by atoms with Crippen LogP contribution in [0, 0.1) is 0 Å². The fourth-order valence-corrected chi connectivity index (χ4v) is 5.04. The van der Waals surface area contributed by atoms with Crippen LogP contribution in [0.2, 0.25) is 0 Å². The van der Waals surface area contributed by atoms with E-state index in [4.69, 9.17) is 14.2 Å². The Morgan fingerprint density at radius 2 is 1.97 bits per heavy atom. The lowest BCUT2D eigenvalue weighted by Gasteiger charge is -2.31. The van der Waals surface area contributed by atoms with Gasteiger partial charge < -0.3 is 39.5 Å². The van der Waals surface area contributed by atoms with Crippen LogP contribution in [-0.2, 0) is 25.2 Å². The van der Waals surface area contributed by atoms with Crippen LogP contribution < -0.4 is 5.32 Å². The Balaban J connectivity index is 1.57. The zero-order valence-electron chi connectivity index (χ0n) is 20.1. The molecule has 14 heteroatoms. The van der Waals surface area contributed by atoms with Gasteiger partial charge in [0.15, 0.2) is 17.2 Å². The molecule has 5 atom stereocenters. The van der Waals surface area contributed by atoms with Crippen LogP contribution in [0.4, 0.5) is 5.82 Å². The quantitative estimate of drug-likeness (QED) is 0.283. The Kier molecular flexibility index (Phi) is 7.79. The summed E-state index contributed by atoms with van der Waals surface area (Å²) in [5.74, 6) is 1.28. The average molecular weight is 516 g/mol. The summed E-state index contributed by atoms with van der Waals surface area (Å²) >= 11 is 0. The SMILES string of the molecule is CCc1nc(NC2CCCC2)c2cnn([C@@H]3O[C@H](COC(C)(COC)P(=O)(O)O)[C@@H](O)[C@H]3O)c2n1. The molecule has 0 radical (unpaired) electrons. The molecule has 13 nitrogen and oxygen atoms in total. The van der Waals surface area contributed by atoms with Gasteiger partial charge in [0.2, 0.25) is 0 Å². The number of nitrogens with one attached hydrogen (secondary N) is 1. The standard InChI is InChI=1S/C21H34N5O8P/c1-4-15-24-18(23-12-7-5-6-8-12)13-9-22-26(19(13)25-15)20-17(28)16(27)14(34-20)10-33-21(2,11-32-3)35(29,30)31/h9,12,14,16-17,20,27-28H,4-8,10-11H2,1-3H3,(H,23,24,25)(H2,29,30,31)/t14-,16-,17-,20-,21?/m1/s1.